The zero-order valence-corrected chi connectivity index (χ0v) is 9.11. The van der Waals surface area contributed by atoms with Crippen LogP contribution < -0.4 is 11.1 Å². The zero-order valence-electron chi connectivity index (χ0n) is 8.22. The smallest absolute Gasteiger partial charge is 0.321 e. The number of nitrogens with two attached hydrogens (primary N) is 1. The van der Waals surface area contributed by atoms with Gasteiger partial charge in [-0.2, -0.15) is 12.6 Å². The molecule has 1 aliphatic heterocycles. The predicted octanol–water partition coefficient (Wildman–Crippen LogP) is -0.849. The van der Waals surface area contributed by atoms with Crippen molar-refractivity contribution in [2.45, 2.75) is 24.9 Å². The summed E-state index contributed by atoms with van der Waals surface area (Å²) in [5.41, 5.74) is 4.94. The van der Waals surface area contributed by atoms with Gasteiger partial charge in [-0.25, -0.2) is 0 Å². The maximum atomic E-state index is 10.1. The molecule has 6 nitrogen and oxygen atoms in total. The second kappa shape index (κ2) is 7.49. The lowest BCUT2D eigenvalue weighted by atomic mass is 10.2. The lowest BCUT2D eigenvalue weighted by molar-refractivity contribution is -0.139. The van der Waals surface area contributed by atoms with Crippen LogP contribution >= 0.6 is 12.6 Å². The highest BCUT2D eigenvalue weighted by Gasteiger charge is 2.20. The van der Waals surface area contributed by atoms with E-state index in [1.807, 2.05) is 0 Å². The molecule has 5 N–H and O–H groups in total. The summed E-state index contributed by atoms with van der Waals surface area (Å²) in [5, 5.41) is 19.2. The van der Waals surface area contributed by atoms with E-state index in [0.717, 1.165) is 19.4 Å². The molecular weight excluding hydrogens is 220 g/mol. The highest BCUT2D eigenvalue weighted by molar-refractivity contribution is 7.80. The van der Waals surface area contributed by atoms with Crippen LogP contribution in [0.5, 0.6) is 0 Å². The Balaban J connectivity index is 0.000000265. The molecule has 2 atom stereocenters. The molecule has 2 unspecified atom stereocenters. The lowest BCUT2D eigenvalue weighted by Gasteiger charge is -1.99. The molecule has 0 aromatic heterocycles. The Morgan fingerprint density at radius 3 is 2.27 bits per heavy atom. The zero-order chi connectivity index (χ0) is 11.8. The molecule has 88 valence electrons. The summed E-state index contributed by atoms with van der Waals surface area (Å²) < 4.78 is 0. The molecule has 0 aromatic carbocycles. The van der Waals surface area contributed by atoms with E-state index in [9.17, 15) is 9.59 Å². The highest BCUT2D eigenvalue weighted by Crippen LogP contribution is 2.03. The third-order valence-electron chi connectivity index (χ3n) is 1.87. The van der Waals surface area contributed by atoms with Crippen LogP contribution in [0.4, 0.5) is 0 Å². The molecule has 15 heavy (non-hydrogen) atoms. The largest absolute Gasteiger partial charge is 0.480 e. The molecule has 0 aromatic rings. The summed E-state index contributed by atoms with van der Waals surface area (Å²) in [6.07, 6.45) is 1.78. The van der Waals surface area contributed by atoms with E-state index in [2.05, 4.69) is 17.9 Å². The maximum absolute atomic E-state index is 10.1. The molecule has 1 aliphatic rings. The number of carbonyl (C=O) groups is 2. The average molecular weight is 236 g/mol. The molecular formula is C8H16N2O4S. The number of carboxylic acids is 2. The van der Waals surface area contributed by atoms with E-state index in [4.69, 9.17) is 15.9 Å². The van der Waals surface area contributed by atoms with Crippen LogP contribution in [-0.4, -0.2) is 46.5 Å². The summed E-state index contributed by atoms with van der Waals surface area (Å²) >= 11 is 3.65. The molecule has 0 aliphatic carbocycles. The van der Waals surface area contributed by atoms with E-state index < -0.39 is 18.0 Å². The quantitative estimate of drug-likeness (QED) is 0.408. The van der Waals surface area contributed by atoms with Crippen molar-refractivity contribution in [1.29, 1.82) is 0 Å². The Morgan fingerprint density at radius 2 is 2.13 bits per heavy atom. The lowest BCUT2D eigenvalue weighted by Crippen LogP contribution is -2.31. The van der Waals surface area contributed by atoms with Gasteiger partial charge in [0.15, 0.2) is 0 Å². The van der Waals surface area contributed by atoms with E-state index >= 15 is 0 Å². The molecule has 0 amide bonds. The average Bonchev–Trinajstić information content (AvgIpc) is 2.70. The van der Waals surface area contributed by atoms with E-state index in [1.165, 1.54) is 0 Å². The van der Waals surface area contributed by atoms with Crippen LogP contribution in [0.15, 0.2) is 0 Å². The van der Waals surface area contributed by atoms with Gasteiger partial charge in [-0.3, -0.25) is 9.59 Å². The number of rotatable bonds is 3. The number of hydrogen-bond donors (Lipinski definition) is 5. The topological polar surface area (TPSA) is 113 Å². The summed E-state index contributed by atoms with van der Waals surface area (Å²) in [6, 6.07) is -1.08. The van der Waals surface area contributed by atoms with Gasteiger partial charge in [-0.05, 0) is 19.4 Å². The SMILES string of the molecule is NC(CS)C(=O)O.O=C(O)C1CCCN1. The number of carboxylic acid groups (broad SMARTS) is 2. The summed E-state index contributed by atoms with van der Waals surface area (Å²) in [7, 11) is 0. The molecule has 0 saturated carbocycles. The van der Waals surface area contributed by atoms with Gasteiger partial charge in [0.2, 0.25) is 0 Å². The second-order valence-electron chi connectivity index (χ2n) is 3.11. The van der Waals surface area contributed by atoms with Crippen LogP contribution in [0.2, 0.25) is 0 Å². The van der Waals surface area contributed by atoms with Crippen LogP contribution in [0.3, 0.4) is 0 Å². The third kappa shape index (κ3) is 6.32. The molecule has 1 rings (SSSR count). The van der Waals surface area contributed by atoms with Gasteiger partial charge in [-0.1, -0.05) is 0 Å². The minimum atomic E-state index is -1.00. The molecule has 0 spiro atoms. The number of aliphatic carboxylic acids is 2. The maximum Gasteiger partial charge on any atom is 0.321 e. The molecule has 0 radical (unpaired) electrons. The van der Waals surface area contributed by atoms with Crippen molar-refractivity contribution in [2.24, 2.45) is 5.73 Å². The molecule has 1 saturated heterocycles. The summed E-state index contributed by atoms with van der Waals surface area (Å²) in [5.74, 6) is -1.53. The Labute approximate surface area is 93.3 Å². The Morgan fingerprint density at radius 1 is 1.53 bits per heavy atom. The number of thiol groups is 1. The molecule has 1 fully saturated rings. The van der Waals surface area contributed by atoms with Gasteiger partial charge >= 0.3 is 11.9 Å². The van der Waals surface area contributed by atoms with Gasteiger partial charge in [0.1, 0.15) is 12.1 Å². The van der Waals surface area contributed by atoms with Crippen LogP contribution in [0.1, 0.15) is 12.8 Å². The minimum Gasteiger partial charge on any atom is -0.480 e. The van der Waals surface area contributed by atoms with Gasteiger partial charge in [0.05, 0.1) is 0 Å². The number of nitrogens with one attached hydrogen (secondary N) is 1. The third-order valence-corrected chi connectivity index (χ3v) is 2.27. The van der Waals surface area contributed by atoms with Crippen molar-refractivity contribution >= 4 is 24.6 Å². The Kier molecular flexibility index (Phi) is 7.10. The van der Waals surface area contributed by atoms with E-state index in [-0.39, 0.29) is 11.8 Å². The summed E-state index contributed by atoms with van der Waals surface area (Å²) in [4.78, 5) is 19.9. The van der Waals surface area contributed by atoms with Crippen LogP contribution in [0.25, 0.3) is 0 Å². The van der Waals surface area contributed by atoms with Crippen molar-refractivity contribution in [3.05, 3.63) is 0 Å². The first kappa shape index (κ1) is 14.2. The first-order valence-electron chi connectivity index (χ1n) is 4.54. The van der Waals surface area contributed by atoms with Crippen molar-refractivity contribution in [3.63, 3.8) is 0 Å². The number of hydrogen-bond acceptors (Lipinski definition) is 5. The first-order valence-corrected chi connectivity index (χ1v) is 5.17. The van der Waals surface area contributed by atoms with E-state index in [1.54, 1.807) is 0 Å². The minimum absolute atomic E-state index is 0.190. The van der Waals surface area contributed by atoms with Crippen molar-refractivity contribution in [1.82, 2.24) is 5.32 Å². The van der Waals surface area contributed by atoms with Crippen molar-refractivity contribution in [3.8, 4) is 0 Å². The van der Waals surface area contributed by atoms with Crippen LogP contribution in [0, 0.1) is 0 Å². The van der Waals surface area contributed by atoms with Crippen LogP contribution in [-0.2, 0) is 9.59 Å². The van der Waals surface area contributed by atoms with Gasteiger partial charge in [0, 0.05) is 5.75 Å². The Bertz CT molecular complexity index is 219. The molecule has 1 heterocycles. The van der Waals surface area contributed by atoms with Gasteiger partial charge in [-0.15, -0.1) is 0 Å². The van der Waals surface area contributed by atoms with Crippen molar-refractivity contribution in [2.75, 3.05) is 12.3 Å². The van der Waals surface area contributed by atoms with Crippen molar-refractivity contribution < 1.29 is 19.8 Å². The fourth-order valence-corrected chi connectivity index (χ4v) is 1.13. The second-order valence-corrected chi connectivity index (χ2v) is 3.48. The normalized spacial score (nSPS) is 21.3. The first-order chi connectivity index (χ1) is 6.99. The fraction of sp³-hybridized carbons (Fsp3) is 0.750. The monoisotopic (exact) mass is 236 g/mol. The Hall–Kier alpha value is -0.790. The molecule has 0 bridgehead atoms. The highest BCUT2D eigenvalue weighted by atomic mass is 32.1. The standard InChI is InChI=1S/C5H9NO2.C3H7NO2S/c7-5(8)4-2-1-3-6-4;4-2(1-7)3(5)6/h4,6H,1-3H2,(H,7,8);2,7H,1,4H2,(H,5,6). The molecule has 7 heteroatoms. The van der Waals surface area contributed by atoms with Gasteiger partial charge in [0.25, 0.3) is 0 Å². The van der Waals surface area contributed by atoms with Gasteiger partial charge < -0.3 is 21.3 Å². The summed E-state index contributed by atoms with van der Waals surface area (Å²) in [6.45, 7) is 0.858. The fourth-order valence-electron chi connectivity index (χ4n) is 0.973. The predicted molar refractivity (Wildman–Crippen MR) is 58.1 cm³/mol. The van der Waals surface area contributed by atoms with E-state index in [0.29, 0.717) is 0 Å².